The van der Waals surface area contributed by atoms with Crippen molar-refractivity contribution in [2.45, 2.75) is 56.7 Å². The average Bonchev–Trinajstić information content (AvgIpc) is 2.93. The first-order valence-corrected chi connectivity index (χ1v) is 7.51. The Labute approximate surface area is 105 Å². The van der Waals surface area contributed by atoms with E-state index in [-0.39, 0.29) is 0 Å². The molecule has 1 aliphatic carbocycles. The predicted octanol–water partition coefficient (Wildman–Crippen LogP) is 1.55. The van der Waals surface area contributed by atoms with Gasteiger partial charge in [-0.3, -0.25) is 10.2 Å². The second-order valence-electron chi connectivity index (χ2n) is 6.27. The summed E-state index contributed by atoms with van der Waals surface area (Å²) in [5.41, 5.74) is 0.439. The fourth-order valence-electron chi connectivity index (χ4n) is 3.95. The van der Waals surface area contributed by atoms with Gasteiger partial charge < -0.3 is 5.32 Å². The minimum Gasteiger partial charge on any atom is -0.317 e. The number of piperidine rings is 2. The van der Waals surface area contributed by atoms with Gasteiger partial charge >= 0.3 is 0 Å². The zero-order valence-corrected chi connectivity index (χ0v) is 11.2. The molecule has 2 atom stereocenters. The standard InChI is InChI=1S/C14H27N3/c1-17(14-8-2-5-13(14)16-14)11-3-4-12-6-9-15-10-7-12/h12-13,15-16H,2-11H2,1H3. The molecular weight excluding hydrogens is 210 g/mol. The van der Waals surface area contributed by atoms with Gasteiger partial charge in [-0.25, -0.2) is 0 Å². The number of nitrogens with zero attached hydrogens (tertiary/aromatic N) is 1. The smallest absolute Gasteiger partial charge is 0.0871 e. The van der Waals surface area contributed by atoms with Crippen molar-refractivity contribution in [2.75, 3.05) is 26.7 Å². The molecule has 2 saturated heterocycles. The zero-order valence-electron chi connectivity index (χ0n) is 11.2. The Morgan fingerprint density at radius 1 is 1.24 bits per heavy atom. The van der Waals surface area contributed by atoms with Crippen LogP contribution < -0.4 is 10.6 Å². The van der Waals surface area contributed by atoms with Crippen LogP contribution in [0.2, 0.25) is 0 Å². The first kappa shape index (κ1) is 11.9. The first-order valence-electron chi connectivity index (χ1n) is 7.51. The van der Waals surface area contributed by atoms with E-state index in [1.54, 1.807) is 0 Å². The van der Waals surface area contributed by atoms with E-state index in [2.05, 4.69) is 22.6 Å². The van der Waals surface area contributed by atoms with Gasteiger partial charge in [-0.05, 0) is 77.5 Å². The Morgan fingerprint density at radius 3 is 2.71 bits per heavy atom. The number of hydrogen-bond donors (Lipinski definition) is 2. The Kier molecular flexibility index (Phi) is 3.42. The summed E-state index contributed by atoms with van der Waals surface area (Å²) in [6, 6.07) is 0.825. The number of fused-ring (bicyclic) bond motifs is 1. The lowest BCUT2D eigenvalue weighted by atomic mass is 9.93. The summed E-state index contributed by atoms with van der Waals surface area (Å²) in [5.74, 6) is 0.994. The van der Waals surface area contributed by atoms with Crippen molar-refractivity contribution in [1.29, 1.82) is 0 Å². The fourth-order valence-corrected chi connectivity index (χ4v) is 3.95. The first-order chi connectivity index (χ1) is 8.31. The molecule has 0 bridgehead atoms. The van der Waals surface area contributed by atoms with E-state index >= 15 is 0 Å². The molecule has 0 aromatic heterocycles. The van der Waals surface area contributed by atoms with Gasteiger partial charge in [0.05, 0.1) is 5.66 Å². The third-order valence-corrected chi connectivity index (χ3v) is 5.21. The molecule has 2 heterocycles. The summed E-state index contributed by atoms with van der Waals surface area (Å²) in [6.45, 7) is 3.77. The van der Waals surface area contributed by atoms with Crippen molar-refractivity contribution in [1.82, 2.24) is 15.5 Å². The van der Waals surface area contributed by atoms with Gasteiger partial charge in [-0.1, -0.05) is 0 Å². The Balaban J connectivity index is 1.36. The van der Waals surface area contributed by atoms with Crippen LogP contribution in [0.15, 0.2) is 0 Å². The highest BCUT2D eigenvalue weighted by Crippen LogP contribution is 2.44. The van der Waals surface area contributed by atoms with Crippen LogP contribution in [-0.2, 0) is 0 Å². The molecule has 0 amide bonds. The van der Waals surface area contributed by atoms with E-state index in [0.29, 0.717) is 5.66 Å². The van der Waals surface area contributed by atoms with E-state index in [4.69, 9.17) is 0 Å². The van der Waals surface area contributed by atoms with Gasteiger partial charge in [0.15, 0.2) is 0 Å². The summed E-state index contributed by atoms with van der Waals surface area (Å²) in [7, 11) is 2.32. The number of rotatable bonds is 5. The monoisotopic (exact) mass is 237 g/mol. The van der Waals surface area contributed by atoms with Gasteiger partial charge in [0, 0.05) is 6.04 Å². The van der Waals surface area contributed by atoms with Crippen LogP contribution in [0, 0.1) is 5.92 Å². The van der Waals surface area contributed by atoms with Gasteiger partial charge in [0.1, 0.15) is 0 Å². The van der Waals surface area contributed by atoms with Crippen LogP contribution in [-0.4, -0.2) is 43.3 Å². The van der Waals surface area contributed by atoms with Crippen molar-refractivity contribution in [3.63, 3.8) is 0 Å². The summed E-state index contributed by atoms with van der Waals surface area (Å²) < 4.78 is 0. The van der Waals surface area contributed by atoms with Crippen molar-refractivity contribution >= 4 is 0 Å². The van der Waals surface area contributed by atoms with Gasteiger partial charge in [-0.2, -0.15) is 0 Å². The highest BCUT2D eigenvalue weighted by Gasteiger charge is 2.58. The SMILES string of the molecule is CN(CCCC1CCNCC1)C12CCCC1N2. The molecule has 17 heavy (non-hydrogen) atoms. The van der Waals surface area contributed by atoms with E-state index in [1.807, 2.05) is 0 Å². The quantitative estimate of drug-likeness (QED) is 0.712. The lowest BCUT2D eigenvalue weighted by molar-refractivity contribution is 0.198. The number of likely N-dealkylation sites (N-methyl/N-ethyl adjacent to an activating group) is 1. The van der Waals surface area contributed by atoms with Crippen molar-refractivity contribution in [3.05, 3.63) is 0 Å². The van der Waals surface area contributed by atoms with Gasteiger partial charge in [0.2, 0.25) is 0 Å². The molecule has 3 rings (SSSR count). The lowest BCUT2D eigenvalue weighted by Gasteiger charge is -2.27. The number of hydrogen-bond acceptors (Lipinski definition) is 3. The molecule has 2 unspecified atom stereocenters. The molecule has 2 aliphatic heterocycles. The predicted molar refractivity (Wildman–Crippen MR) is 71.0 cm³/mol. The molecule has 0 radical (unpaired) electrons. The van der Waals surface area contributed by atoms with Crippen LogP contribution >= 0.6 is 0 Å². The Morgan fingerprint density at radius 2 is 2.06 bits per heavy atom. The third kappa shape index (κ3) is 2.38. The van der Waals surface area contributed by atoms with E-state index in [1.165, 1.54) is 64.6 Å². The maximum Gasteiger partial charge on any atom is 0.0871 e. The van der Waals surface area contributed by atoms with E-state index in [9.17, 15) is 0 Å². The molecule has 3 aliphatic rings. The van der Waals surface area contributed by atoms with Crippen LogP contribution in [0.1, 0.15) is 44.9 Å². The minimum absolute atomic E-state index is 0.439. The molecule has 1 saturated carbocycles. The van der Waals surface area contributed by atoms with Crippen LogP contribution in [0.3, 0.4) is 0 Å². The van der Waals surface area contributed by atoms with E-state index in [0.717, 1.165) is 12.0 Å². The second-order valence-corrected chi connectivity index (χ2v) is 6.27. The minimum atomic E-state index is 0.439. The third-order valence-electron chi connectivity index (χ3n) is 5.21. The molecule has 2 N–H and O–H groups in total. The maximum atomic E-state index is 3.69. The largest absolute Gasteiger partial charge is 0.317 e. The van der Waals surface area contributed by atoms with E-state index < -0.39 is 0 Å². The molecule has 3 nitrogen and oxygen atoms in total. The summed E-state index contributed by atoms with van der Waals surface area (Å²) in [6.07, 6.45) is 9.83. The topological polar surface area (TPSA) is 37.2 Å². The normalized spacial score (nSPS) is 37.4. The molecular formula is C14H27N3. The molecule has 0 spiro atoms. The molecule has 0 aromatic rings. The van der Waals surface area contributed by atoms with Gasteiger partial charge in [-0.15, -0.1) is 0 Å². The van der Waals surface area contributed by atoms with Crippen LogP contribution in [0.5, 0.6) is 0 Å². The highest BCUT2D eigenvalue weighted by molar-refractivity contribution is 5.16. The molecule has 3 fully saturated rings. The van der Waals surface area contributed by atoms with Crippen molar-refractivity contribution in [3.8, 4) is 0 Å². The fraction of sp³-hybridized carbons (Fsp3) is 1.00. The van der Waals surface area contributed by atoms with Gasteiger partial charge in [0.25, 0.3) is 0 Å². The Bertz CT molecular complexity index is 262. The summed E-state index contributed by atoms with van der Waals surface area (Å²) >= 11 is 0. The average molecular weight is 237 g/mol. The highest BCUT2D eigenvalue weighted by atomic mass is 15.5. The molecule has 3 heteroatoms. The van der Waals surface area contributed by atoms with Crippen molar-refractivity contribution < 1.29 is 0 Å². The molecule has 0 aromatic carbocycles. The van der Waals surface area contributed by atoms with Crippen LogP contribution in [0.4, 0.5) is 0 Å². The zero-order chi connectivity index (χ0) is 11.7. The summed E-state index contributed by atoms with van der Waals surface area (Å²) in [4.78, 5) is 2.60. The number of nitrogens with one attached hydrogen (secondary N) is 2. The summed E-state index contributed by atoms with van der Waals surface area (Å²) in [5, 5.41) is 7.14. The van der Waals surface area contributed by atoms with Crippen molar-refractivity contribution in [2.24, 2.45) is 5.92 Å². The second kappa shape index (κ2) is 4.87. The van der Waals surface area contributed by atoms with Crippen LogP contribution in [0.25, 0.3) is 0 Å². The maximum absolute atomic E-state index is 3.69. The molecule has 98 valence electrons. The lowest BCUT2D eigenvalue weighted by Crippen LogP contribution is -2.38. The Hall–Kier alpha value is -0.120.